The van der Waals surface area contributed by atoms with Crippen LogP contribution in [-0.4, -0.2) is 57.0 Å². The van der Waals surface area contributed by atoms with E-state index in [4.69, 9.17) is 25.5 Å². The number of rotatable bonds is 12. The van der Waals surface area contributed by atoms with Gasteiger partial charge in [-0.25, -0.2) is 9.59 Å². The van der Waals surface area contributed by atoms with Crippen LogP contribution in [0.1, 0.15) is 62.7 Å². The number of carbonyl (C=O) groups excluding carboxylic acids is 4. The third kappa shape index (κ3) is 7.45. The first-order valence-electron chi connectivity index (χ1n) is 13.1. The van der Waals surface area contributed by atoms with E-state index in [2.05, 4.69) is 20.8 Å². The molecule has 0 saturated heterocycles. The lowest BCUT2D eigenvalue weighted by Crippen LogP contribution is -2.25. The standard InChI is InChI=1S/C28H28ClN5O7S2/c1-5-39-26(37)21-15(3)22(27(38)40-6-2)43-25(21)31-23(35)16(4)42-28-33-32-20(14-30-24(36)19-11-8-12-41-19)34(28)18-10-7-9-17(29)13-18/h7-13,16H,5-6,14H2,1-4H3,(H,30,36)(H,31,35)/t16-/m1/s1. The molecule has 4 aromatic rings. The molecule has 1 aromatic carbocycles. The maximum Gasteiger partial charge on any atom is 0.348 e. The van der Waals surface area contributed by atoms with Gasteiger partial charge >= 0.3 is 11.9 Å². The van der Waals surface area contributed by atoms with Crippen molar-refractivity contribution in [1.29, 1.82) is 0 Å². The van der Waals surface area contributed by atoms with Crippen LogP contribution in [-0.2, 0) is 20.8 Å². The van der Waals surface area contributed by atoms with Crippen molar-refractivity contribution in [2.75, 3.05) is 18.5 Å². The molecular formula is C28H28ClN5O7S2. The Hall–Kier alpha value is -4.14. The van der Waals surface area contributed by atoms with Crippen molar-refractivity contribution in [3.05, 3.63) is 75.3 Å². The van der Waals surface area contributed by atoms with Crippen molar-refractivity contribution >= 4 is 63.5 Å². The Labute approximate surface area is 260 Å². The highest BCUT2D eigenvalue weighted by Gasteiger charge is 2.29. The molecule has 0 fully saturated rings. The molecular weight excluding hydrogens is 618 g/mol. The van der Waals surface area contributed by atoms with Crippen LogP contribution < -0.4 is 10.6 Å². The SMILES string of the molecule is CCOC(=O)c1sc(NC(=O)[C@@H](C)Sc2nnc(CNC(=O)c3ccco3)n2-c2cccc(Cl)c2)c(C(=O)OCC)c1C. The average molecular weight is 646 g/mol. The lowest BCUT2D eigenvalue weighted by Gasteiger charge is -2.14. The molecule has 12 nitrogen and oxygen atoms in total. The minimum atomic E-state index is -0.740. The van der Waals surface area contributed by atoms with E-state index in [0.717, 1.165) is 23.1 Å². The fourth-order valence-corrected chi connectivity index (χ4v) is 6.05. The smallest absolute Gasteiger partial charge is 0.348 e. The Morgan fingerprint density at radius 2 is 1.84 bits per heavy atom. The maximum absolute atomic E-state index is 13.4. The van der Waals surface area contributed by atoms with Gasteiger partial charge in [0.25, 0.3) is 5.91 Å². The number of furan rings is 1. The summed E-state index contributed by atoms with van der Waals surface area (Å²) in [5.41, 5.74) is 1.07. The molecule has 2 amide bonds. The van der Waals surface area contributed by atoms with Crippen LogP contribution in [0.4, 0.5) is 5.00 Å². The minimum Gasteiger partial charge on any atom is -0.462 e. The molecule has 0 aliphatic heterocycles. The van der Waals surface area contributed by atoms with E-state index in [0.29, 0.717) is 27.3 Å². The maximum atomic E-state index is 13.4. The van der Waals surface area contributed by atoms with E-state index >= 15 is 0 Å². The second-order valence-electron chi connectivity index (χ2n) is 8.82. The highest BCUT2D eigenvalue weighted by Crippen LogP contribution is 2.35. The zero-order valence-corrected chi connectivity index (χ0v) is 26.0. The third-order valence-electron chi connectivity index (χ3n) is 5.89. The number of anilines is 1. The molecule has 226 valence electrons. The molecule has 0 bridgehead atoms. The number of benzene rings is 1. The number of nitrogens with zero attached hydrogens (tertiary/aromatic N) is 3. The van der Waals surface area contributed by atoms with E-state index in [9.17, 15) is 19.2 Å². The van der Waals surface area contributed by atoms with Crippen LogP contribution in [0.15, 0.2) is 52.2 Å². The first-order chi connectivity index (χ1) is 20.6. The Bertz CT molecular complexity index is 1630. The highest BCUT2D eigenvalue weighted by atomic mass is 35.5. The Balaban J connectivity index is 1.59. The van der Waals surface area contributed by atoms with Gasteiger partial charge < -0.3 is 24.5 Å². The lowest BCUT2D eigenvalue weighted by atomic mass is 10.1. The van der Waals surface area contributed by atoms with Crippen molar-refractivity contribution in [3.63, 3.8) is 0 Å². The summed E-state index contributed by atoms with van der Waals surface area (Å²) < 4.78 is 17.1. The van der Waals surface area contributed by atoms with E-state index in [1.165, 1.54) is 12.3 Å². The van der Waals surface area contributed by atoms with Gasteiger partial charge in [0.15, 0.2) is 16.7 Å². The zero-order chi connectivity index (χ0) is 31.1. The molecule has 3 heterocycles. The molecule has 4 rings (SSSR count). The van der Waals surface area contributed by atoms with Crippen LogP contribution in [0.3, 0.4) is 0 Å². The number of carbonyl (C=O) groups is 4. The second-order valence-corrected chi connectivity index (χ2v) is 11.6. The summed E-state index contributed by atoms with van der Waals surface area (Å²) in [5, 5.41) is 14.3. The van der Waals surface area contributed by atoms with Crippen molar-refractivity contribution in [1.82, 2.24) is 20.1 Å². The predicted molar refractivity (Wildman–Crippen MR) is 161 cm³/mol. The number of hydrogen-bond donors (Lipinski definition) is 2. The summed E-state index contributed by atoms with van der Waals surface area (Å²) in [6.45, 7) is 6.88. The normalized spacial score (nSPS) is 11.6. The second kappa shape index (κ2) is 14.4. The van der Waals surface area contributed by atoms with Gasteiger partial charge in [0.2, 0.25) is 5.91 Å². The Morgan fingerprint density at radius 1 is 1.09 bits per heavy atom. The van der Waals surface area contributed by atoms with Crippen molar-refractivity contribution in [2.24, 2.45) is 0 Å². The fraction of sp³-hybridized carbons (Fsp3) is 0.286. The molecule has 0 saturated carbocycles. The minimum absolute atomic E-state index is 0.00813. The van der Waals surface area contributed by atoms with Gasteiger partial charge in [-0.05, 0) is 63.6 Å². The van der Waals surface area contributed by atoms with Crippen molar-refractivity contribution in [3.8, 4) is 5.69 Å². The number of amides is 2. The lowest BCUT2D eigenvalue weighted by molar-refractivity contribution is -0.115. The molecule has 0 spiro atoms. The molecule has 15 heteroatoms. The quantitative estimate of drug-likeness (QED) is 0.153. The van der Waals surface area contributed by atoms with Crippen LogP contribution >= 0.6 is 34.7 Å². The number of ether oxygens (including phenoxy) is 2. The van der Waals surface area contributed by atoms with Gasteiger partial charge in [0.1, 0.15) is 9.88 Å². The summed E-state index contributed by atoms with van der Waals surface area (Å²) in [6.07, 6.45) is 1.40. The number of thioether (sulfide) groups is 1. The van der Waals surface area contributed by atoms with Crippen molar-refractivity contribution < 1.29 is 33.1 Å². The Kier molecular flexibility index (Phi) is 10.6. The van der Waals surface area contributed by atoms with Crippen molar-refractivity contribution in [2.45, 2.75) is 44.6 Å². The van der Waals surface area contributed by atoms with Gasteiger partial charge in [-0.15, -0.1) is 21.5 Å². The molecule has 43 heavy (non-hydrogen) atoms. The van der Waals surface area contributed by atoms with E-state index in [-0.39, 0.29) is 41.0 Å². The zero-order valence-electron chi connectivity index (χ0n) is 23.6. The van der Waals surface area contributed by atoms with Gasteiger partial charge in [-0.3, -0.25) is 14.2 Å². The topological polar surface area (TPSA) is 155 Å². The molecule has 0 radical (unpaired) electrons. The number of esters is 2. The Morgan fingerprint density at radius 3 is 2.51 bits per heavy atom. The summed E-state index contributed by atoms with van der Waals surface area (Å²) in [4.78, 5) is 51.3. The van der Waals surface area contributed by atoms with Gasteiger partial charge in [0, 0.05) is 5.02 Å². The summed E-state index contributed by atoms with van der Waals surface area (Å²) >= 11 is 8.29. The predicted octanol–water partition coefficient (Wildman–Crippen LogP) is 5.29. The number of hydrogen-bond acceptors (Lipinski definition) is 11. The van der Waals surface area contributed by atoms with Crippen LogP contribution in [0.25, 0.3) is 5.69 Å². The van der Waals surface area contributed by atoms with E-state index < -0.39 is 29.0 Å². The molecule has 0 unspecified atom stereocenters. The molecule has 0 aliphatic rings. The van der Waals surface area contributed by atoms with Gasteiger partial charge in [-0.2, -0.15) is 0 Å². The molecule has 1 atom stereocenters. The summed E-state index contributed by atoms with van der Waals surface area (Å²) in [5.74, 6) is -1.62. The molecule has 3 aromatic heterocycles. The number of halogens is 1. The van der Waals surface area contributed by atoms with Crippen LogP contribution in [0.2, 0.25) is 5.02 Å². The first-order valence-corrected chi connectivity index (χ1v) is 15.2. The monoisotopic (exact) mass is 645 g/mol. The first kappa shape index (κ1) is 31.8. The average Bonchev–Trinajstić information content (AvgIpc) is 3.71. The van der Waals surface area contributed by atoms with Crippen LogP contribution in [0.5, 0.6) is 0 Å². The summed E-state index contributed by atoms with van der Waals surface area (Å²) in [6, 6.07) is 10.1. The molecule has 2 N–H and O–H groups in total. The number of aromatic nitrogens is 3. The summed E-state index contributed by atoms with van der Waals surface area (Å²) in [7, 11) is 0. The fourth-order valence-electron chi connectivity index (χ4n) is 3.89. The highest BCUT2D eigenvalue weighted by molar-refractivity contribution is 8.00. The molecule has 0 aliphatic carbocycles. The number of thiophene rings is 1. The van der Waals surface area contributed by atoms with Crippen LogP contribution in [0, 0.1) is 6.92 Å². The van der Waals surface area contributed by atoms with E-state index in [1.54, 1.807) is 62.6 Å². The van der Waals surface area contributed by atoms with Gasteiger partial charge in [-0.1, -0.05) is 29.4 Å². The van der Waals surface area contributed by atoms with E-state index in [1.807, 2.05) is 0 Å². The van der Waals surface area contributed by atoms with Gasteiger partial charge in [0.05, 0.1) is 42.5 Å². The third-order valence-corrected chi connectivity index (χ3v) is 8.36. The number of nitrogens with one attached hydrogen (secondary N) is 2. The largest absolute Gasteiger partial charge is 0.462 e.